The molecule has 0 bridgehead atoms. The molecule has 0 heterocycles. The zero-order valence-corrected chi connectivity index (χ0v) is 10.7. The molecule has 0 aliphatic carbocycles. The molecule has 0 radical (unpaired) electrons. The summed E-state index contributed by atoms with van der Waals surface area (Å²) in [6, 6.07) is 5.06. The second-order valence-electron chi connectivity index (χ2n) is 3.27. The first kappa shape index (κ1) is 13.4. The van der Waals surface area contributed by atoms with Crippen LogP contribution in [0.3, 0.4) is 0 Å². The number of aliphatic hydroxyl groups excluding tert-OH is 1. The van der Waals surface area contributed by atoms with Gasteiger partial charge in [0.05, 0.1) is 18.8 Å². The Labute approximate surface area is 106 Å². The van der Waals surface area contributed by atoms with Crippen LogP contribution < -0.4 is 10.6 Å². The van der Waals surface area contributed by atoms with Gasteiger partial charge in [-0.25, -0.2) is 8.78 Å². The van der Waals surface area contributed by atoms with Crippen LogP contribution in [0.4, 0.5) is 20.2 Å². The van der Waals surface area contributed by atoms with Gasteiger partial charge in [0.15, 0.2) is 0 Å². The minimum absolute atomic E-state index is 0.160. The molecule has 0 saturated carbocycles. The predicted octanol–water partition coefficient (Wildman–Crippen LogP) is 1.94. The molecule has 16 heavy (non-hydrogen) atoms. The molecule has 0 unspecified atom stereocenters. The zero-order chi connectivity index (χ0) is 12.1. The standard InChI is InChI=1S/C10H13F2IN2O/c11-10(12)6-15(3-4-16)9-2-1-7(14)5-8(9)13/h1-2,5,10,16H,3-4,6,14H2. The highest BCUT2D eigenvalue weighted by Crippen LogP contribution is 2.25. The molecule has 6 heteroatoms. The van der Waals surface area contributed by atoms with Gasteiger partial charge in [-0.3, -0.25) is 0 Å². The Morgan fingerprint density at radius 2 is 2.12 bits per heavy atom. The molecular formula is C10H13F2IN2O. The average molecular weight is 342 g/mol. The fraction of sp³-hybridized carbons (Fsp3) is 0.400. The van der Waals surface area contributed by atoms with Crippen molar-refractivity contribution in [1.82, 2.24) is 0 Å². The zero-order valence-electron chi connectivity index (χ0n) is 8.54. The Morgan fingerprint density at radius 1 is 1.44 bits per heavy atom. The lowest BCUT2D eigenvalue weighted by Crippen LogP contribution is -2.32. The Morgan fingerprint density at radius 3 is 2.62 bits per heavy atom. The van der Waals surface area contributed by atoms with E-state index >= 15 is 0 Å². The number of nitrogens with two attached hydrogens (primary N) is 1. The number of nitrogens with zero attached hydrogens (tertiary/aromatic N) is 1. The fourth-order valence-electron chi connectivity index (χ4n) is 1.38. The number of nitrogen functional groups attached to an aromatic ring is 1. The van der Waals surface area contributed by atoms with E-state index in [1.165, 1.54) is 4.90 Å². The molecule has 3 N–H and O–H groups in total. The van der Waals surface area contributed by atoms with Crippen LogP contribution in [-0.4, -0.2) is 31.2 Å². The molecule has 1 aromatic rings. The lowest BCUT2D eigenvalue weighted by atomic mass is 10.2. The van der Waals surface area contributed by atoms with E-state index in [-0.39, 0.29) is 19.7 Å². The van der Waals surface area contributed by atoms with Crippen molar-refractivity contribution in [1.29, 1.82) is 0 Å². The quantitative estimate of drug-likeness (QED) is 0.635. The monoisotopic (exact) mass is 342 g/mol. The van der Waals surface area contributed by atoms with Crippen LogP contribution in [0.5, 0.6) is 0 Å². The van der Waals surface area contributed by atoms with Crippen LogP contribution in [0, 0.1) is 3.57 Å². The summed E-state index contributed by atoms with van der Waals surface area (Å²) in [6.07, 6.45) is -2.43. The van der Waals surface area contributed by atoms with Gasteiger partial charge in [-0.15, -0.1) is 0 Å². The van der Waals surface area contributed by atoms with E-state index in [4.69, 9.17) is 10.8 Å². The van der Waals surface area contributed by atoms with E-state index in [2.05, 4.69) is 0 Å². The number of benzene rings is 1. The van der Waals surface area contributed by atoms with Crippen LogP contribution in [-0.2, 0) is 0 Å². The molecule has 0 aromatic heterocycles. The van der Waals surface area contributed by atoms with E-state index in [0.717, 1.165) is 3.57 Å². The van der Waals surface area contributed by atoms with Gasteiger partial charge in [-0.05, 0) is 40.8 Å². The summed E-state index contributed by atoms with van der Waals surface area (Å²) in [7, 11) is 0. The Hall–Kier alpha value is -0.630. The lowest BCUT2D eigenvalue weighted by Gasteiger charge is -2.24. The molecule has 0 spiro atoms. The molecule has 0 atom stereocenters. The molecule has 3 nitrogen and oxygen atoms in total. The molecular weight excluding hydrogens is 329 g/mol. The third kappa shape index (κ3) is 3.75. The molecule has 0 amide bonds. The van der Waals surface area contributed by atoms with Crippen molar-refractivity contribution in [2.75, 3.05) is 30.3 Å². The third-order valence-electron chi connectivity index (χ3n) is 2.04. The van der Waals surface area contributed by atoms with Crippen LogP contribution in [0.2, 0.25) is 0 Å². The van der Waals surface area contributed by atoms with Crippen LogP contribution in [0.1, 0.15) is 0 Å². The molecule has 1 rings (SSSR count). The Bertz CT molecular complexity index is 350. The topological polar surface area (TPSA) is 49.5 Å². The van der Waals surface area contributed by atoms with E-state index in [1.54, 1.807) is 18.2 Å². The number of hydrogen-bond donors (Lipinski definition) is 2. The Balaban J connectivity index is 2.91. The Kier molecular flexibility index (Phi) is 5.20. The van der Waals surface area contributed by atoms with Crippen molar-refractivity contribution in [3.63, 3.8) is 0 Å². The highest BCUT2D eigenvalue weighted by atomic mass is 127. The van der Waals surface area contributed by atoms with Gasteiger partial charge in [0.2, 0.25) is 0 Å². The highest BCUT2D eigenvalue weighted by molar-refractivity contribution is 14.1. The van der Waals surface area contributed by atoms with Crippen molar-refractivity contribution < 1.29 is 13.9 Å². The van der Waals surface area contributed by atoms with E-state index in [9.17, 15) is 8.78 Å². The first-order valence-electron chi connectivity index (χ1n) is 4.73. The fourth-order valence-corrected chi connectivity index (χ4v) is 2.26. The second kappa shape index (κ2) is 6.19. The SMILES string of the molecule is Nc1ccc(N(CCO)CC(F)F)c(I)c1. The van der Waals surface area contributed by atoms with E-state index in [1.807, 2.05) is 22.6 Å². The number of hydrogen-bond acceptors (Lipinski definition) is 3. The first-order valence-corrected chi connectivity index (χ1v) is 5.81. The maximum Gasteiger partial charge on any atom is 0.255 e. The van der Waals surface area contributed by atoms with Gasteiger partial charge in [0, 0.05) is 15.8 Å². The third-order valence-corrected chi connectivity index (χ3v) is 2.90. The smallest absolute Gasteiger partial charge is 0.255 e. The number of alkyl halides is 2. The molecule has 0 saturated heterocycles. The highest BCUT2D eigenvalue weighted by Gasteiger charge is 2.14. The molecule has 0 aliphatic heterocycles. The number of halogens is 3. The molecule has 1 aromatic carbocycles. The summed E-state index contributed by atoms with van der Waals surface area (Å²) in [5.41, 5.74) is 6.84. The first-order chi connectivity index (χ1) is 7.54. The molecule has 0 aliphatic rings. The second-order valence-corrected chi connectivity index (χ2v) is 4.43. The summed E-state index contributed by atoms with van der Waals surface area (Å²) >= 11 is 2.04. The van der Waals surface area contributed by atoms with Crippen molar-refractivity contribution in [3.8, 4) is 0 Å². The van der Waals surface area contributed by atoms with Gasteiger partial charge >= 0.3 is 0 Å². The van der Waals surface area contributed by atoms with Crippen LogP contribution in [0.25, 0.3) is 0 Å². The van der Waals surface area contributed by atoms with Gasteiger partial charge < -0.3 is 15.7 Å². The van der Waals surface area contributed by atoms with Crippen molar-refractivity contribution in [2.45, 2.75) is 6.43 Å². The lowest BCUT2D eigenvalue weighted by molar-refractivity contribution is 0.152. The van der Waals surface area contributed by atoms with E-state index < -0.39 is 6.43 Å². The summed E-state index contributed by atoms with van der Waals surface area (Å²) in [5, 5.41) is 8.84. The summed E-state index contributed by atoms with van der Waals surface area (Å²) in [6.45, 7) is -0.363. The summed E-state index contributed by atoms with van der Waals surface area (Å²) in [4.78, 5) is 1.45. The number of anilines is 2. The van der Waals surface area contributed by atoms with Crippen LogP contribution in [0.15, 0.2) is 18.2 Å². The maximum absolute atomic E-state index is 12.4. The minimum atomic E-state index is -2.43. The van der Waals surface area contributed by atoms with Gasteiger partial charge in [-0.2, -0.15) is 0 Å². The maximum atomic E-state index is 12.4. The average Bonchev–Trinajstić information content (AvgIpc) is 2.16. The molecule has 0 fully saturated rings. The number of aliphatic hydroxyl groups is 1. The summed E-state index contributed by atoms with van der Waals surface area (Å²) in [5.74, 6) is 0. The van der Waals surface area contributed by atoms with Gasteiger partial charge in [0.25, 0.3) is 6.43 Å². The summed E-state index contributed by atoms with van der Waals surface area (Å²) < 4.78 is 25.5. The minimum Gasteiger partial charge on any atom is -0.399 e. The normalized spacial score (nSPS) is 10.8. The number of rotatable bonds is 5. The predicted molar refractivity (Wildman–Crippen MR) is 68.9 cm³/mol. The largest absolute Gasteiger partial charge is 0.399 e. The van der Waals surface area contributed by atoms with E-state index in [0.29, 0.717) is 11.4 Å². The van der Waals surface area contributed by atoms with Gasteiger partial charge in [0.1, 0.15) is 0 Å². The van der Waals surface area contributed by atoms with Crippen molar-refractivity contribution >= 4 is 34.0 Å². The molecule has 90 valence electrons. The van der Waals surface area contributed by atoms with Crippen molar-refractivity contribution in [2.24, 2.45) is 0 Å². The van der Waals surface area contributed by atoms with Crippen LogP contribution >= 0.6 is 22.6 Å². The van der Waals surface area contributed by atoms with Crippen molar-refractivity contribution in [3.05, 3.63) is 21.8 Å². The van der Waals surface area contributed by atoms with Gasteiger partial charge in [-0.1, -0.05) is 0 Å².